The third kappa shape index (κ3) is 3.18. The van der Waals surface area contributed by atoms with Gasteiger partial charge in [-0.25, -0.2) is 0 Å². The van der Waals surface area contributed by atoms with Crippen LogP contribution in [0, 0.1) is 34.6 Å². The molecule has 0 spiro atoms. The Morgan fingerprint density at radius 3 is 2.14 bits per heavy atom. The number of rotatable bonds is 4. The van der Waals surface area contributed by atoms with E-state index >= 15 is 0 Å². The lowest BCUT2D eigenvalue weighted by Crippen LogP contribution is -2.20. The van der Waals surface area contributed by atoms with Gasteiger partial charge in [-0.05, 0) is 58.2 Å². The summed E-state index contributed by atoms with van der Waals surface area (Å²) in [5.41, 5.74) is 9.15. The SMILES string of the molecule is Cc1cc(C)c(C(C)NCc2c(C)nn(C)c2C)c(C)c1. The van der Waals surface area contributed by atoms with Crippen molar-refractivity contribution in [3.05, 3.63) is 51.3 Å². The van der Waals surface area contributed by atoms with Crippen LogP contribution in [0.2, 0.25) is 0 Å². The number of nitrogens with zero attached hydrogens (tertiary/aromatic N) is 2. The molecule has 1 heterocycles. The maximum absolute atomic E-state index is 4.48. The molecule has 2 aromatic rings. The molecule has 0 aliphatic heterocycles. The average Bonchev–Trinajstić information content (AvgIpc) is 2.60. The highest BCUT2D eigenvalue weighted by Crippen LogP contribution is 2.24. The van der Waals surface area contributed by atoms with Crippen molar-refractivity contribution in [2.45, 2.75) is 54.1 Å². The van der Waals surface area contributed by atoms with Crippen molar-refractivity contribution in [3.63, 3.8) is 0 Å². The predicted molar refractivity (Wildman–Crippen MR) is 88.6 cm³/mol. The Labute approximate surface area is 128 Å². The topological polar surface area (TPSA) is 29.9 Å². The lowest BCUT2D eigenvalue weighted by atomic mass is 9.94. The Kier molecular flexibility index (Phi) is 4.52. The summed E-state index contributed by atoms with van der Waals surface area (Å²) >= 11 is 0. The lowest BCUT2D eigenvalue weighted by molar-refractivity contribution is 0.566. The Bertz CT molecular complexity index is 630. The summed E-state index contributed by atoms with van der Waals surface area (Å²) in [6.45, 7) is 13.9. The molecule has 1 aromatic heterocycles. The molecule has 0 bridgehead atoms. The van der Waals surface area contributed by atoms with E-state index in [1.807, 2.05) is 11.7 Å². The Balaban J connectivity index is 2.17. The molecular formula is C18H27N3. The predicted octanol–water partition coefficient (Wildman–Crippen LogP) is 3.81. The van der Waals surface area contributed by atoms with Gasteiger partial charge in [-0.15, -0.1) is 0 Å². The fourth-order valence-electron chi connectivity index (χ4n) is 3.30. The molecule has 1 atom stereocenters. The summed E-state index contributed by atoms with van der Waals surface area (Å²) in [4.78, 5) is 0. The van der Waals surface area contributed by atoms with Crippen LogP contribution in [-0.2, 0) is 13.6 Å². The number of aryl methyl sites for hydroxylation is 5. The molecule has 0 amide bonds. The highest BCUT2D eigenvalue weighted by molar-refractivity contribution is 5.39. The average molecular weight is 285 g/mol. The molecule has 1 N–H and O–H groups in total. The zero-order chi connectivity index (χ0) is 15.7. The smallest absolute Gasteiger partial charge is 0.0641 e. The molecule has 0 fully saturated rings. The Morgan fingerprint density at radius 2 is 1.67 bits per heavy atom. The molecule has 1 aromatic carbocycles. The van der Waals surface area contributed by atoms with Crippen LogP contribution in [-0.4, -0.2) is 9.78 Å². The third-order valence-corrected chi connectivity index (χ3v) is 4.41. The van der Waals surface area contributed by atoms with Crippen molar-refractivity contribution in [2.24, 2.45) is 7.05 Å². The number of hydrogen-bond acceptors (Lipinski definition) is 2. The molecule has 21 heavy (non-hydrogen) atoms. The van der Waals surface area contributed by atoms with Crippen LogP contribution in [0.3, 0.4) is 0 Å². The van der Waals surface area contributed by atoms with Crippen LogP contribution >= 0.6 is 0 Å². The molecule has 2 rings (SSSR count). The second kappa shape index (κ2) is 6.02. The van der Waals surface area contributed by atoms with Crippen LogP contribution < -0.4 is 5.32 Å². The van der Waals surface area contributed by atoms with Gasteiger partial charge in [0.15, 0.2) is 0 Å². The van der Waals surface area contributed by atoms with Crippen LogP contribution in [0.25, 0.3) is 0 Å². The van der Waals surface area contributed by atoms with Gasteiger partial charge in [-0.2, -0.15) is 5.10 Å². The van der Waals surface area contributed by atoms with Crippen molar-refractivity contribution < 1.29 is 0 Å². The van der Waals surface area contributed by atoms with Gasteiger partial charge in [0.1, 0.15) is 0 Å². The molecular weight excluding hydrogens is 258 g/mol. The summed E-state index contributed by atoms with van der Waals surface area (Å²) in [5, 5.41) is 8.14. The quantitative estimate of drug-likeness (QED) is 0.925. The van der Waals surface area contributed by atoms with E-state index in [2.05, 4.69) is 64.1 Å². The van der Waals surface area contributed by atoms with Gasteiger partial charge in [0.05, 0.1) is 5.69 Å². The second-order valence-electron chi connectivity index (χ2n) is 6.19. The molecule has 0 saturated carbocycles. The zero-order valence-corrected chi connectivity index (χ0v) is 14.3. The summed E-state index contributed by atoms with van der Waals surface area (Å²) in [6.07, 6.45) is 0. The maximum atomic E-state index is 4.48. The van der Waals surface area contributed by atoms with Crippen molar-refractivity contribution in [3.8, 4) is 0 Å². The highest BCUT2D eigenvalue weighted by Gasteiger charge is 2.14. The van der Waals surface area contributed by atoms with Crippen LogP contribution in [0.1, 0.15) is 52.2 Å². The Hall–Kier alpha value is -1.61. The monoisotopic (exact) mass is 285 g/mol. The normalized spacial score (nSPS) is 12.7. The standard InChI is InChI=1S/C18H27N3/c1-11-8-12(2)18(13(3)9-11)15(5)19-10-17-14(4)20-21(7)16(17)6/h8-9,15,19H,10H2,1-7H3. The van der Waals surface area contributed by atoms with Gasteiger partial charge in [-0.3, -0.25) is 4.68 Å². The van der Waals surface area contributed by atoms with Crippen molar-refractivity contribution in [1.82, 2.24) is 15.1 Å². The number of nitrogens with one attached hydrogen (secondary N) is 1. The molecule has 0 aliphatic rings. The fraction of sp³-hybridized carbons (Fsp3) is 0.500. The number of benzene rings is 1. The molecule has 114 valence electrons. The summed E-state index contributed by atoms with van der Waals surface area (Å²) in [5.74, 6) is 0. The zero-order valence-electron chi connectivity index (χ0n) is 14.3. The maximum Gasteiger partial charge on any atom is 0.0641 e. The van der Waals surface area contributed by atoms with Gasteiger partial charge in [0.25, 0.3) is 0 Å². The molecule has 0 aliphatic carbocycles. The molecule has 3 heteroatoms. The van der Waals surface area contributed by atoms with Crippen LogP contribution in [0.4, 0.5) is 0 Å². The number of aromatic nitrogens is 2. The van der Waals surface area contributed by atoms with Crippen molar-refractivity contribution in [2.75, 3.05) is 0 Å². The van der Waals surface area contributed by atoms with E-state index in [0.29, 0.717) is 6.04 Å². The minimum absolute atomic E-state index is 0.338. The van der Waals surface area contributed by atoms with Gasteiger partial charge in [0, 0.05) is 30.9 Å². The minimum atomic E-state index is 0.338. The van der Waals surface area contributed by atoms with Gasteiger partial charge < -0.3 is 5.32 Å². The largest absolute Gasteiger partial charge is 0.306 e. The van der Waals surface area contributed by atoms with E-state index in [-0.39, 0.29) is 0 Å². The lowest BCUT2D eigenvalue weighted by Gasteiger charge is -2.20. The third-order valence-electron chi connectivity index (χ3n) is 4.41. The summed E-state index contributed by atoms with van der Waals surface area (Å²) in [7, 11) is 2.00. The molecule has 0 saturated heterocycles. The highest BCUT2D eigenvalue weighted by atomic mass is 15.3. The van der Waals surface area contributed by atoms with E-state index in [9.17, 15) is 0 Å². The Morgan fingerprint density at radius 1 is 1.10 bits per heavy atom. The fourth-order valence-corrected chi connectivity index (χ4v) is 3.30. The van der Waals surface area contributed by atoms with E-state index in [0.717, 1.165) is 12.2 Å². The molecule has 3 nitrogen and oxygen atoms in total. The summed E-state index contributed by atoms with van der Waals surface area (Å²) in [6, 6.07) is 4.87. The summed E-state index contributed by atoms with van der Waals surface area (Å²) < 4.78 is 1.96. The van der Waals surface area contributed by atoms with E-state index in [1.54, 1.807) is 0 Å². The first-order valence-electron chi connectivity index (χ1n) is 7.61. The number of hydrogen-bond donors (Lipinski definition) is 1. The second-order valence-corrected chi connectivity index (χ2v) is 6.19. The molecule has 0 radical (unpaired) electrons. The first kappa shape index (κ1) is 15.8. The molecule has 1 unspecified atom stereocenters. The van der Waals surface area contributed by atoms with Gasteiger partial charge in [-0.1, -0.05) is 17.7 Å². The van der Waals surface area contributed by atoms with Crippen LogP contribution in [0.5, 0.6) is 0 Å². The first-order valence-corrected chi connectivity index (χ1v) is 7.61. The van der Waals surface area contributed by atoms with Crippen molar-refractivity contribution in [1.29, 1.82) is 0 Å². The first-order chi connectivity index (χ1) is 9.81. The van der Waals surface area contributed by atoms with Gasteiger partial charge in [0.2, 0.25) is 0 Å². The minimum Gasteiger partial charge on any atom is -0.306 e. The van der Waals surface area contributed by atoms with Gasteiger partial charge >= 0.3 is 0 Å². The van der Waals surface area contributed by atoms with E-state index in [1.165, 1.54) is 33.5 Å². The van der Waals surface area contributed by atoms with E-state index in [4.69, 9.17) is 0 Å². The van der Waals surface area contributed by atoms with Crippen LogP contribution in [0.15, 0.2) is 12.1 Å². The van der Waals surface area contributed by atoms with Crippen molar-refractivity contribution >= 4 is 0 Å². The van der Waals surface area contributed by atoms with E-state index < -0.39 is 0 Å².